The molecule has 3 aliphatic rings. The summed E-state index contributed by atoms with van der Waals surface area (Å²) in [5, 5.41) is 0. The second-order valence-corrected chi connectivity index (χ2v) is 5.38. The van der Waals surface area contributed by atoms with Crippen LogP contribution in [0, 0.1) is 0 Å². The van der Waals surface area contributed by atoms with E-state index in [4.69, 9.17) is 10.5 Å². The molecule has 1 heterocycles. The Bertz CT molecular complexity index is 234. The van der Waals surface area contributed by atoms with Gasteiger partial charge in [-0.15, -0.1) is 0 Å². The Balaban J connectivity index is 1.78. The minimum absolute atomic E-state index is 0.358. The Labute approximate surface area is 91.9 Å². The van der Waals surface area contributed by atoms with Crippen LogP contribution in [0.3, 0.4) is 0 Å². The Kier molecular flexibility index (Phi) is 2.49. The van der Waals surface area contributed by atoms with E-state index >= 15 is 0 Å². The summed E-state index contributed by atoms with van der Waals surface area (Å²) in [6.07, 6.45) is 8.44. The fraction of sp³-hybridized carbons (Fsp3) is 1.00. The SMILES string of the molecule is NCC1(N2CCOC3CCCC32)CCC1. The predicted octanol–water partition coefficient (Wildman–Crippen LogP) is 1.12. The zero-order valence-corrected chi connectivity index (χ0v) is 9.45. The number of nitrogens with two attached hydrogens (primary N) is 1. The first-order valence-corrected chi connectivity index (χ1v) is 6.44. The molecule has 2 N–H and O–H groups in total. The van der Waals surface area contributed by atoms with Crippen molar-refractivity contribution >= 4 is 0 Å². The number of hydrogen-bond acceptors (Lipinski definition) is 3. The lowest BCUT2D eigenvalue weighted by molar-refractivity contribution is -0.118. The summed E-state index contributed by atoms with van der Waals surface area (Å²) >= 11 is 0. The molecule has 0 aromatic rings. The van der Waals surface area contributed by atoms with Crippen molar-refractivity contribution in [2.45, 2.75) is 56.2 Å². The molecule has 0 radical (unpaired) electrons. The van der Waals surface area contributed by atoms with E-state index in [1.54, 1.807) is 0 Å². The monoisotopic (exact) mass is 210 g/mol. The quantitative estimate of drug-likeness (QED) is 0.742. The highest BCUT2D eigenvalue weighted by molar-refractivity contribution is 5.04. The number of fused-ring (bicyclic) bond motifs is 1. The first-order chi connectivity index (χ1) is 7.36. The van der Waals surface area contributed by atoms with Crippen LogP contribution in [-0.4, -0.2) is 42.3 Å². The maximum absolute atomic E-state index is 6.00. The van der Waals surface area contributed by atoms with Gasteiger partial charge in [0.15, 0.2) is 0 Å². The maximum Gasteiger partial charge on any atom is 0.0731 e. The summed E-state index contributed by atoms with van der Waals surface area (Å²) in [5.74, 6) is 0. The van der Waals surface area contributed by atoms with E-state index in [9.17, 15) is 0 Å². The first kappa shape index (κ1) is 10.1. The van der Waals surface area contributed by atoms with E-state index in [-0.39, 0.29) is 0 Å². The van der Waals surface area contributed by atoms with Crippen LogP contribution in [0.25, 0.3) is 0 Å². The molecule has 1 saturated heterocycles. The van der Waals surface area contributed by atoms with Crippen LogP contribution in [0.4, 0.5) is 0 Å². The zero-order chi connectivity index (χ0) is 10.3. The van der Waals surface area contributed by atoms with Crippen molar-refractivity contribution < 1.29 is 4.74 Å². The van der Waals surface area contributed by atoms with Gasteiger partial charge in [0, 0.05) is 24.7 Å². The molecule has 2 unspecified atom stereocenters. The number of nitrogens with zero attached hydrogens (tertiary/aromatic N) is 1. The van der Waals surface area contributed by atoms with Gasteiger partial charge in [-0.3, -0.25) is 4.90 Å². The van der Waals surface area contributed by atoms with Crippen molar-refractivity contribution in [2.24, 2.45) is 5.73 Å². The van der Waals surface area contributed by atoms with E-state index in [0.717, 1.165) is 19.7 Å². The molecule has 0 bridgehead atoms. The first-order valence-electron chi connectivity index (χ1n) is 6.44. The van der Waals surface area contributed by atoms with Gasteiger partial charge in [0.05, 0.1) is 12.7 Å². The molecule has 2 aliphatic carbocycles. The van der Waals surface area contributed by atoms with E-state index < -0.39 is 0 Å². The summed E-state index contributed by atoms with van der Waals surface area (Å²) in [6.45, 7) is 2.87. The van der Waals surface area contributed by atoms with Gasteiger partial charge in [-0.1, -0.05) is 0 Å². The lowest BCUT2D eigenvalue weighted by atomic mass is 9.74. The van der Waals surface area contributed by atoms with Gasteiger partial charge in [-0.25, -0.2) is 0 Å². The average Bonchev–Trinajstić information content (AvgIpc) is 2.65. The third-order valence-electron chi connectivity index (χ3n) is 4.76. The highest BCUT2D eigenvalue weighted by Crippen LogP contribution is 2.42. The highest BCUT2D eigenvalue weighted by atomic mass is 16.5. The van der Waals surface area contributed by atoms with Gasteiger partial charge in [-0.05, 0) is 38.5 Å². The molecule has 0 aromatic heterocycles. The summed E-state index contributed by atoms with van der Waals surface area (Å²) in [5.41, 5.74) is 6.36. The Morgan fingerprint density at radius 1 is 1.27 bits per heavy atom. The molecule has 1 aliphatic heterocycles. The standard InChI is InChI=1S/C12H22N2O/c13-9-12(5-2-6-12)14-7-8-15-11-4-1-3-10(11)14/h10-11H,1-9,13H2. The third-order valence-corrected chi connectivity index (χ3v) is 4.76. The van der Waals surface area contributed by atoms with Crippen LogP contribution >= 0.6 is 0 Å². The van der Waals surface area contributed by atoms with Gasteiger partial charge < -0.3 is 10.5 Å². The van der Waals surface area contributed by atoms with Crippen molar-refractivity contribution in [2.75, 3.05) is 19.7 Å². The molecule has 2 saturated carbocycles. The second-order valence-electron chi connectivity index (χ2n) is 5.38. The molecule has 2 atom stereocenters. The van der Waals surface area contributed by atoms with Gasteiger partial charge in [0.2, 0.25) is 0 Å². The van der Waals surface area contributed by atoms with E-state index in [2.05, 4.69) is 4.90 Å². The van der Waals surface area contributed by atoms with Gasteiger partial charge in [0.1, 0.15) is 0 Å². The summed E-state index contributed by atoms with van der Waals surface area (Å²) < 4.78 is 5.86. The van der Waals surface area contributed by atoms with Crippen molar-refractivity contribution in [3.8, 4) is 0 Å². The van der Waals surface area contributed by atoms with E-state index in [1.165, 1.54) is 38.5 Å². The third kappa shape index (κ3) is 1.44. The van der Waals surface area contributed by atoms with E-state index in [1.807, 2.05) is 0 Å². The van der Waals surface area contributed by atoms with Crippen LogP contribution in [0.1, 0.15) is 38.5 Å². The Hall–Kier alpha value is -0.120. The summed E-state index contributed by atoms with van der Waals surface area (Å²) in [6, 6.07) is 0.683. The lowest BCUT2D eigenvalue weighted by Crippen LogP contribution is -2.65. The molecular weight excluding hydrogens is 188 g/mol. The molecule has 3 nitrogen and oxygen atoms in total. The molecule has 0 spiro atoms. The molecular formula is C12H22N2O. The lowest BCUT2D eigenvalue weighted by Gasteiger charge is -2.55. The molecule has 86 valence electrons. The van der Waals surface area contributed by atoms with Gasteiger partial charge in [0.25, 0.3) is 0 Å². The molecule has 0 amide bonds. The molecule has 15 heavy (non-hydrogen) atoms. The van der Waals surface area contributed by atoms with Crippen molar-refractivity contribution in [1.29, 1.82) is 0 Å². The normalized spacial score (nSPS) is 39.8. The summed E-state index contributed by atoms with van der Waals surface area (Å²) in [7, 11) is 0. The molecule has 3 fully saturated rings. The molecule has 0 aromatic carbocycles. The number of rotatable bonds is 2. The fourth-order valence-electron chi connectivity index (χ4n) is 3.71. The van der Waals surface area contributed by atoms with Gasteiger partial charge >= 0.3 is 0 Å². The van der Waals surface area contributed by atoms with Gasteiger partial charge in [-0.2, -0.15) is 0 Å². The topological polar surface area (TPSA) is 38.5 Å². The van der Waals surface area contributed by atoms with Crippen LogP contribution in [0.5, 0.6) is 0 Å². The number of morpholine rings is 1. The van der Waals surface area contributed by atoms with Crippen LogP contribution in [0.15, 0.2) is 0 Å². The smallest absolute Gasteiger partial charge is 0.0731 e. The molecule has 3 rings (SSSR count). The zero-order valence-electron chi connectivity index (χ0n) is 9.45. The second kappa shape index (κ2) is 3.72. The Morgan fingerprint density at radius 3 is 2.80 bits per heavy atom. The minimum atomic E-state index is 0.358. The highest BCUT2D eigenvalue weighted by Gasteiger charge is 2.48. The van der Waals surface area contributed by atoms with Crippen LogP contribution in [-0.2, 0) is 4.74 Å². The van der Waals surface area contributed by atoms with Crippen molar-refractivity contribution in [3.63, 3.8) is 0 Å². The largest absolute Gasteiger partial charge is 0.375 e. The maximum atomic E-state index is 6.00. The van der Waals surface area contributed by atoms with Crippen LogP contribution in [0.2, 0.25) is 0 Å². The molecule has 3 heteroatoms. The van der Waals surface area contributed by atoms with E-state index in [0.29, 0.717) is 17.7 Å². The number of hydrogen-bond donors (Lipinski definition) is 1. The number of ether oxygens (including phenoxy) is 1. The van der Waals surface area contributed by atoms with Crippen LogP contribution < -0.4 is 5.73 Å². The summed E-state index contributed by atoms with van der Waals surface area (Å²) in [4.78, 5) is 2.71. The predicted molar refractivity (Wildman–Crippen MR) is 59.7 cm³/mol. The average molecular weight is 210 g/mol. The minimum Gasteiger partial charge on any atom is -0.375 e. The van der Waals surface area contributed by atoms with Crippen molar-refractivity contribution in [1.82, 2.24) is 4.90 Å². The van der Waals surface area contributed by atoms with Crippen molar-refractivity contribution in [3.05, 3.63) is 0 Å². The fourth-order valence-corrected chi connectivity index (χ4v) is 3.71. The Morgan fingerprint density at radius 2 is 2.13 bits per heavy atom.